The summed E-state index contributed by atoms with van der Waals surface area (Å²) in [4.78, 5) is -0.215. The summed E-state index contributed by atoms with van der Waals surface area (Å²) in [7, 11) is 1.30. The minimum atomic E-state index is -4.41. The monoisotopic (exact) mass is 207 g/mol. The zero-order valence-electron chi connectivity index (χ0n) is 6.68. The van der Waals surface area contributed by atoms with Crippen molar-refractivity contribution in [1.29, 1.82) is 0 Å². The third-order valence-electron chi connectivity index (χ3n) is 1.49. The lowest BCUT2D eigenvalue weighted by Crippen LogP contribution is -2.07. The van der Waals surface area contributed by atoms with Crippen LogP contribution in [0.2, 0.25) is 0 Å². The predicted octanol–water partition coefficient (Wildman–Crippen LogP) is 2.62. The summed E-state index contributed by atoms with van der Waals surface area (Å²) in [5, 5.41) is 0. The Bertz CT molecular complexity index is 309. The van der Waals surface area contributed by atoms with Crippen molar-refractivity contribution in [3.05, 3.63) is 23.8 Å². The molecule has 0 aliphatic heterocycles. The Labute approximate surface area is 78.9 Å². The van der Waals surface area contributed by atoms with E-state index < -0.39 is 11.7 Å². The van der Waals surface area contributed by atoms with E-state index in [1.165, 1.54) is 19.2 Å². The highest BCUT2D eigenvalue weighted by Gasteiger charge is 2.30. The molecule has 0 saturated heterocycles. The standard InChI is InChI=1S/C8H7F3OS/c1-12-5-2-3-7(13)6(4-5)8(9,10)11/h2-4,13H,1H3/p-1. The minimum Gasteiger partial charge on any atom is -0.779 e. The average molecular weight is 207 g/mol. The second-order valence-corrected chi connectivity index (χ2v) is 2.80. The number of ether oxygens (including phenoxy) is 1. The van der Waals surface area contributed by atoms with Crippen LogP contribution in [0, 0.1) is 0 Å². The minimum absolute atomic E-state index is 0.154. The molecule has 0 saturated carbocycles. The maximum Gasteiger partial charge on any atom is 0.415 e. The number of rotatable bonds is 1. The molecule has 0 aliphatic rings. The number of hydrogen-bond donors (Lipinski definition) is 0. The van der Waals surface area contributed by atoms with Gasteiger partial charge in [0.2, 0.25) is 0 Å². The SMILES string of the molecule is COc1ccc([S-])c(C(F)(F)F)c1. The highest BCUT2D eigenvalue weighted by molar-refractivity contribution is 7.58. The Morgan fingerprint density at radius 3 is 2.38 bits per heavy atom. The molecule has 0 spiro atoms. The first-order valence-corrected chi connectivity index (χ1v) is 3.78. The molecule has 5 heteroatoms. The Balaban J connectivity index is 3.19. The predicted molar refractivity (Wildman–Crippen MR) is 43.6 cm³/mol. The van der Waals surface area contributed by atoms with Crippen molar-refractivity contribution in [2.24, 2.45) is 0 Å². The van der Waals surface area contributed by atoms with Crippen LogP contribution in [-0.4, -0.2) is 7.11 Å². The molecule has 0 atom stereocenters. The topological polar surface area (TPSA) is 9.23 Å². The van der Waals surface area contributed by atoms with Gasteiger partial charge in [0.25, 0.3) is 0 Å². The summed E-state index contributed by atoms with van der Waals surface area (Å²) in [5.41, 5.74) is -0.832. The van der Waals surface area contributed by atoms with E-state index in [2.05, 4.69) is 17.4 Å². The maximum absolute atomic E-state index is 12.2. The molecule has 72 valence electrons. The molecule has 0 amide bonds. The second-order valence-electron chi connectivity index (χ2n) is 2.36. The van der Waals surface area contributed by atoms with E-state index in [0.29, 0.717) is 0 Å². The largest absolute Gasteiger partial charge is 0.779 e. The van der Waals surface area contributed by atoms with Gasteiger partial charge in [-0.3, -0.25) is 0 Å². The molecule has 0 aromatic heterocycles. The fraction of sp³-hybridized carbons (Fsp3) is 0.250. The average Bonchev–Trinajstić information content (AvgIpc) is 2.03. The summed E-state index contributed by atoms with van der Waals surface area (Å²) in [6.45, 7) is 0. The lowest BCUT2D eigenvalue weighted by molar-refractivity contribution is -0.139. The van der Waals surface area contributed by atoms with Crippen molar-refractivity contribution in [3.63, 3.8) is 0 Å². The maximum atomic E-state index is 12.2. The molecule has 0 fully saturated rings. The number of halogens is 3. The molecule has 1 aromatic rings. The number of hydrogen-bond acceptors (Lipinski definition) is 2. The number of methoxy groups -OCH3 is 1. The molecular formula is C8H6F3OS-. The Morgan fingerprint density at radius 1 is 1.31 bits per heavy atom. The van der Waals surface area contributed by atoms with Gasteiger partial charge >= 0.3 is 6.18 Å². The summed E-state index contributed by atoms with van der Waals surface area (Å²) >= 11 is 4.53. The first-order valence-electron chi connectivity index (χ1n) is 3.37. The van der Waals surface area contributed by atoms with E-state index in [0.717, 1.165) is 6.07 Å². The van der Waals surface area contributed by atoms with Crippen molar-refractivity contribution < 1.29 is 17.9 Å². The molecule has 1 aromatic carbocycles. The molecule has 0 aliphatic carbocycles. The Morgan fingerprint density at radius 2 is 1.92 bits per heavy atom. The first kappa shape index (κ1) is 10.1. The van der Waals surface area contributed by atoms with Gasteiger partial charge in [-0.05, 0) is 12.1 Å². The first-order chi connectivity index (χ1) is 5.95. The van der Waals surface area contributed by atoms with Gasteiger partial charge in [0.15, 0.2) is 0 Å². The Kier molecular flexibility index (Phi) is 2.66. The van der Waals surface area contributed by atoms with E-state index in [4.69, 9.17) is 0 Å². The zero-order chi connectivity index (χ0) is 10.1. The van der Waals surface area contributed by atoms with Crippen LogP contribution in [0.3, 0.4) is 0 Å². The van der Waals surface area contributed by atoms with Gasteiger partial charge in [0.1, 0.15) is 5.75 Å². The van der Waals surface area contributed by atoms with Crippen LogP contribution in [0.4, 0.5) is 13.2 Å². The number of alkyl halides is 3. The summed E-state index contributed by atoms with van der Waals surface area (Å²) in [6, 6.07) is 3.50. The van der Waals surface area contributed by atoms with Gasteiger partial charge in [-0.1, -0.05) is 6.07 Å². The molecule has 0 radical (unpaired) electrons. The molecule has 0 heterocycles. The van der Waals surface area contributed by atoms with Crippen LogP contribution in [0.15, 0.2) is 23.1 Å². The van der Waals surface area contributed by atoms with E-state index in [1.807, 2.05) is 0 Å². The van der Waals surface area contributed by atoms with E-state index in [-0.39, 0.29) is 10.6 Å². The molecule has 13 heavy (non-hydrogen) atoms. The lowest BCUT2D eigenvalue weighted by Gasteiger charge is -2.17. The molecular weight excluding hydrogens is 201 g/mol. The van der Waals surface area contributed by atoms with Gasteiger partial charge in [0.05, 0.1) is 7.11 Å². The fourth-order valence-corrected chi connectivity index (χ4v) is 1.10. The molecule has 1 rings (SSSR count). The summed E-state index contributed by atoms with van der Waals surface area (Å²) in [6.07, 6.45) is -4.41. The molecule has 0 unspecified atom stereocenters. The van der Waals surface area contributed by atoms with Crippen LogP contribution in [-0.2, 0) is 18.8 Å². The van der Waals surface area contributed by atoms with E-state index >= 15 is 0 Å². The summed E-state index contributed by atoms with van der Waals surface area (Å²) in [5.74, 6) is 0.154. The van der Waals surface area contributed by atoms with Gasteiger partial charge in [-0.25, -0.2) is 0 Å². The van der Waals surface area contributed by atoms with Gasteiger partial charge in [-0.2, -0.15) is 18.1 Å². The Hall–Kier alpha value is -0.970. The van der Waals surface area contributed by atoms with Crippen LogP contribution in [0.25, 0.3) is 0 Å². The van der Waals surface area contributed by atoms with E-state index in [1.54, 1.807) is 0 Å². The van der Waals surface area contributed by atoms with Crippen LogP contribution >= 0.6 is 0 Å². The van der Waals surface area contributed by atoms with E-state index in [9.17, 15) is 13.2 Å². The second kappa shape index (κ2) is 3.41. The normalized spacial score (nSPS) is 11.4. The molecule has 1 nitrogen and oxygen atoms in total. The van der Waals surface area contributed by atoms with Crippen LogP contribution in [0.5, 0.6) is 5.75 Å². The zero-order valence-corrected chi connectivity index (χ0v) is 7.50. The molecule has 0 bridgehead atoms. The smallest absolute Gasteiger partial charge is 0.415 e. The van der Waals surface area contributed by atoms with Crippen molar-refractivity contribution in [1.82, 2.24) is 0 Å². The highest BCUT2D eigenvalue weighted by Crippen LogP contribution is 2.34. The van der Waals surface area contributed by atoms with Crippen molar-refractivity contribution in [2.75, 3.05) is 7.11 Å². The van der Waals surface area contributed by atoms with Gasteiger partial charge in [0, 0.05) is 5.56 Å². The van der Waals surface area contributed by atoms with Crippen LogP contribution < -0.4 is 4.74 Å². The van der Waals surface area contributed by atoms with Crippen molar-refractivity contribution in [3.8, 4) is 5.75 Å². The lowest BCUT2D eigenvalue weighted by atomic mass is 10.2. The fourth-order valence-electron chi connectivity index (χ4n) is 0.858. The quantitative estimate of drug-likeness (QED) is 0.654. The van der Waals surface area contributed by atoms with Crippen molar-refractivity contribution >= 4 is 12.6 Å². The van der Waals surface area contributed by atoms with Crippen molar-refractivity contribution in [2.45, 2.75) is 11.1 Å². The third-order valence-corrected chi connectivity index (χ3v) is 1.85. The third kappa shape index (κ3) is 2.24. The van der Waals surface area contributed by atoms with Crippen LogP contribution in [0.1, 0.15) is 5.56 Å². The molecule has 0 N–H and O–H groups in total. The van der Waals surface area contributed by atoms with Gasteiger partial charge < -0.3 is 17.4 Å². The summed E-state index contributed by atoms with van der Waals surface area (Å²) < 4.78 is 41.4. The highest BCUT2D eigenvalue weighted by atomic mass is 32.1. The number of benzene rings is 1. The van der Waals surface area contributed by atoms with Gasteiger partial charge in [-0.15, -0.1) is 0 Å².